The molecule has 186 valence electrons. The highest BCUT2D eigenvalue weighted by molar-refractivity contribution is 7.89. The summed E-state index contributed by atoms with van der Waals surface area (Å²) in [6.45, 7) is 14.8. The van der Waals surface area contributed by atoms with E-state index in [4.69, 9.17) is 0 Å². The number of hydrogen-bond acceptors (Lipinski definition) is 4. The van der Waals surface area contributed by atoms with Crippen molar-refractivity contribution in [1.29, 1.82) is 0 Å². The van der Waals surface area contributed by atoms with Gasteiger partial charge in [-0.1, -0.05) is 71.9 Å². The molecule has 1 fully saturated rings. The van der Waals surface area contributed by atoms with Gasteiger partial charge in [0.15, 0.2) is 0 Å². The number of sulfonamides is 1. The zero-order valence-corrected chi connectivity index (χ0v) is 22.2. The summed E-state index contributed by atoms with van der Waals surface area (Å²) in [6.07, 6.45) is 0. The summed E-state index contributed by atoms with van der Waals surface area (Å²) < 4.78 is 27.7. The first-order chi connectivity index (χ1) is 16.0. The highest BCUT2D eigenvalue weighted by Crippen LogP contribution is 2.32. The molecule has 34 heavy (non-hydrogen) atoms. The Morgan fingerprint density at radius 1 is 0.824 bits per heavy atom. The summed E-state index contributed by atoms with van der Waals surface area (Å²) in [4.78, 5) is 15.3. The number of carbonyl (C=O) groups is 1. The third kappa shape index (κ3) is 6.06. The van der Waals surface area contributed by atoms with E-state index in [0.29, 0.717) is 48.8 Å². The van der Waals surface area contributed by atoms with E-state index >= 15 is 0 Å². The summed E-state index contributed by atoms with van der Waals surface area (Å²) in [5.41, 5.74) is 4.32. The number of para-hydroxylation sites is 1. The maximum atomic E-state index is 13.1. The fourth-order valence-corrected chi connectivity index (χ4v) is 5.80. The molecular formula is C27H39N3O3S. The zero-order chi connectivity index (χ0) is 25.0. The molecule has 0 aromatic heterocycles. The molecule has 0 unspecified atom stereocenters. The van der Waals surface area contributed by atoms with Gasteiger partial charge in [-0.05, 0) is 46.6 Å². The smallest absolute Gasteiger partial charge is 0.243 e. The van der Waals surface area contributed by atoms with Crippen LogP contribution in [0.2, 0.25) is 0 Å². The van der Waals surface area contributed by atoms with Crippen molar-refractivity contribution in [3.8, 4) is 0 Å². The summed E-state index contributed by atoms with van der Waals surface area (Å²) in [7, 11) is -3.53. The van der Waals surface area contributed by atoms with E-state index in [-0.39, 0.29) is 12.5 Å². The number of nitrogens with one attached hydrogen (secondary N) is 1. The molecule has 0 atom stereocenters. The molecular weight excluding hydrogens is 446 g/mol. The van der Waals surface area contributed by atoms with Gasteiger partial charge in [0.25, 0.3) is 0 Å². The van der Waals surface area contributed by atoms with E-state index in [1.54, 1.807) is 12.1 Å². The van der Waals surface area contributed by atoms with Gasteiger partial charge in [0.1, 0.15) is 0 Å². The predicted octanol–water partition coefficient (Wildman–Crippen LogP) is 5.00. The molecule has 0 bridgehead atoms. The first-order valence-corrected chi connectivity index (χ1v) is 13.7. The number of hydrogen-bond donors (Lipinski definition) is 1. The second kappa shape index (κ2) is 11.0. The zero-order valence-electron chi connectivity index (χ0n) is 21.3. The highest BCUT2D eigenvalue weighted by Gasteiger charge is 2.29. The van der Waals surface area contributed by atoms with Crippen molar-refractivity contribution in [1.82, 2.24) is 9.21 Å². The van der Waals surface area contributed by atoms with E-state index in [1.165, 1.54) is 4.31 Å². The first-order valence-electron chi connectivity index (χ1n) is 12.3. The second-order valence-electron chi connectivity index (χ2n) is 10.1. The average molecular weight is 486 g/mol. The van der Waals surface area contributed by atoms with Crippen LogP contribution in [0.25, 0.3) is 0 Å². The van der Waals surface area contributed by atoms with Crippen molar-refractivity contribution >= 4 is 21.6 Å². The highest BCUT2D eigenvalue weighted by atomic mass is 32.2. The van der Waals surface area contributed by atoms with E-state index in [0.717, 1.165) is 22.4 Å². The molecule has 7 heteroatoms. The van der Waals surface area contributed by atoms with Crippen LogP contribution in [0.4, 0.5) is 5.69 Å². The van der Waals surface area contributed by atoms with Gasteiger partial charge in [-0.15, -0.1) is 0 Å². The van der Waals surface area contributed by atoms with Crippen LogP contribution in [0, 0.1) is 0 Å². The Labute approximate surface area is 205 Å². The molecule has 0 spiro atoms. The number of carbonyl (C=O) groups excluding carboxylic acids is 1. The monoisotopic (exact) mass is 485 g/mol. The number of piperazine rings is 1. The number of amides is 1. The molecule has 1 aliphatic heterocycles. The number of anilines is 1. The van der Waals surface area contributed by atoms with Crippen LogP contribution in [0.3, 0.4) is 0 Å². The summed E-state index contributed by atoms with van der Waals surface area (Å²) in [6, 6.07) is 13.4. The maximum Gasteiger partial charge on any atom is 0.243 e. The molecule has 0 saturated carbocycles. The molecule has 1 amide bonds. The van der Waals surface area contributed by atoms with Crippen LogP contribution in [0.5, 0.6) is 0 Å². The molecule has 6 nitrogen and oxygen atoms in total. The lowest BCUT2D eigenvalue weighted by atomic mass is 9.92. The van der Waals surface area contributed by atoms with Gasteiger partial charge < -0.3 is 5.32 Å². The van der Waals surface area contributed by atoms with E-state index in [9.17, 15) is 13.2 Å². The Kier molecular flexibility index (Phi) is 8.55. The number of nitrogens with zero attached hydrogens (tertiary/aromatic N) is 2. The lowest BCUT2D eigenvalue weighted by Gasteiger charge is -2.33. The lowest BCUT2D eigenvalue weighted by Crippen LogP contribution is -2.50. The van der Waals surface area contributed by atoms with Crippen LogP contribution in [0.15, 0.2) is 47.4 Å². The molecule has 1 aliphatic rings. The van der Waals surface area contributed by atoms with Gasteiger partial charge in [0.2, 0.25) is 15.9 Å². The second-order valence-corrected chi connectivity index (χ2v) is 12.0. The van der Waals surface area contributed by atoms with Crippen LogP contribution in [0.1, 0.15) is 76.0 Å². The summed E-state index contributed by atoms with van der Waals surface area (Å²) in [5, 5.41) is 3.16. The Balaban J connectivity index is 1.62. The van der Waals surface area contributed by atoms with Gasteiger partial charge >= 0.3 is 0 Å². The van der Waals surface area contributed by atoms with Crippen molar-refractivity contribution in [2.45, 2.75) is 64.2 Å². The van der Waals surface area contributed by atoms with Crippen LogP contribution in [-0.4, -0.2) is 56.3 Å². The standard InChI is InChI=1S/C27H39N3O3S/c1-19(2)22-10-12-23(13-11-22)34(32,33)30-16-14-29(15-17-30)18-26(31)28-27-24(20(3)4)8-7-9-25(27)21(5)6/h7-13,19-21H,14-18H2,1-6H3,(H,28,31). The molecule has 0 aliphatic carbocycles. The first kappa shape index (κ1) is 26.4. The van der Waals surface area contributed by atoms with Gasteiger partial charge in [-0.2, -0.15) is 4.31 Å². The van der Waals surface area contributed by atoms with Gasteiger partial charge in [-0.25, -0.2) is 8.42 Å². The maximum absolute atomic E-state index is 13.1. The molecule has 2 aromatic carbocycles. The molecule has 0 radical (unpaired) electrons. The van der Waals surface area contributed by atoms with Gasteiger partial charge in [-0.3, -0.25) is 9.69 Å². The quantitative estimate of drug-likeness (QED) is 0.571. The fourth-order valence-electron chi connectivity index (χ4n) is 4.38. The topological polar surface area (TPSA) is 69.7 Å². The predicted molar refractivity (Wildman–Crippen MR) is 139 cm³/mol. The van der Waals surface area contributed by atoms with Crippen molar-refractivity contribution in [2.75, 3.05) is 38.0 Å². The van der Waals surface area contributed by atoms with E-state index < -0.39 is 10.0 Å². The lowest BCUT2D eigenvalue weighted by molar-refractivity contribution is -0.117. The minimum absolute atomic E-state index is 0.0596. The minimum Gasteiger partial charge on any atom is -0.324 e. The largest absolute Gasteiger partial charge is 0.324 e. The molecule has 2 aromatic rings. The van der Waals surface area contributed by atoms with Crippen molar-refractivity contribution in [3.63, 3.8) is 0 Å². The Morgan fingerprint density at radius 3 is 1.82 bits per heavy atom. The molecule has 3 rings (SSSR count). The fraction of sp³-hybridized carbons (Fsp3) is 0.519. The van der Waals surface area contributed by atoms with Gasteiger partial charge in [0, 0.05) is 31.9 Å². The van der Waals surface area contributed by atoms with Crippen LogP contribution in [-0.2, 0) is 14.8 Å². The number of benzene rings is 2. The van der Waals surface area contributed by atoms with Crippen molar-refractivity contribution in [2.24, 2.45) is 0 Å². The molecule has 1 N–H and O–H groups in total. The van der Waals surface area contributed by atoms with E-state index in [2.05, 4.69) is 65.1 Å². The minimum atomic E-state index is -3.53. The molecule has 1 saturated heterocycles. The SMILES string of the molecule is CC(C)c1ccc(S(=O)(=O)N2CCN(CC(=O)Nc3c(C(C)C)cccc3C(C)C)CC2)cc1. The summed E-state index contributed by atoms with van der Waals surface area (Å²) in [5.74, 6) is 0.904. The Hall–Kier alpha value is -2.22. The van der Waals surface area contributed by atoms with E-state index in [1.807, 2.05) is 17.0 Å². The summed E-state index contributed by atoms with van der Waals surface area (Å²) >= 11 is 0. The van der Waals surface area contributed by atoms with Crippen LogP contribution < -0.4 is 5.32 Å². The Bertz CT molecular complexity index is 1060. The average Bonchev–Trinajstić information content (AvgIpc) is 2.79. The normalized spacial score (nSPS) is 15.9. The molecule has 1 heterocycles. The van der Waals surface area contributed by atoms with Crippen molar-refractivity contribution < 1.29 is 13.2 Å². The van der Waals surface area contributed by atoms with Gasteiger partial charge in [0.05, 0.1) is 11.4 Å². The van der Waals surface area contributed by atoms with Crippen molar-refractivity contribution in [3.05, 3.63) is 59.2 Å². The third-order valence-electron chi connectivity index (χ3n) is 6.52. The number of rotatable bonds is 8. The Morgan fingerprint density at radius 2 is 1.35 bits per heavy atom. The van der Waals surface area contributed by atoms with Crippen LogP contribution >= 0.6 is 0 Å². The third-order valence-corrected chi connectivity index (χ3v) is 8.43.